The predicted octanol–water partition coefficient (Wildman–Crippen LogP) is 2.88. The van der Waals surface area contributed by atoms with Crippen LogP contribution in [0.3, 0.4) is 0 Å². The second-order valence-corrected chi connectivity index (χ2v) is 8.94. The number of sulfonamides is 1. The van der Waals surface area contributed by atoms with Crippen molar-refractivity contribution in [1.29, 1.82) is 0 Å². The van der Waals surface area contributed by atoms with E-state index in [2.05, 4.69) is 5.32 Å². The maximum Gasteiger partial charge on any atom is 0.317 e. The Kier molecular flexibility index (Phi) is 6.49. The fourth-order valence-corrected chi connectivity index (χ4v) is 4.70. The summed E-state index contributed by atoms with van der Waals surface area (Å²) in [5.74, 6) is -1.99. The number of carbonyl (C=O) groups is 1. The van der Waals surface area contributed by atoms with Crippen molar-refractivity contribution in [3.05, 3.63) is 71.3 Å². The monoisotopic (exact) mass is 423 g/mol. The second-order valence-electron chi connectivity index (χ2n) is 6.97. The Morgan fingerprint density at radius 2 is 1.69 bits per heavy atom. The highest BCUT2D eigenvalue weighted by molar-refractivity contribution is 7.88. The maximum absolute atomic E-state index is 13.4. The van der Waals surface area contributed by atoms with E-state index in [0.717, 1.165) is 12.1 Å². The summed E-state index contributed by atoms with van der Waals surface area (Å²) in [6.45, 7) is 2.60. The number of nitrogens with one attached hydrogen (secondary N) is 1. The van der Waals surface area contributed by atoms with Gasteiger partial charge in [-0.1, -0.05) is 36.4 Å². The van der Waals surface area contributed by atoms with E-state index < -0.39 is 27.7 Å². The third-order valence-electron chi connectivity index (χ3n) is 4.89. The van der Waals surface area contributed by atoms with E-state index in [0.29, 0.717) is 11.1 Å². The predicted molar refractivity (Wildman–Crippen MR) is 106 cm³/mol. The van der Waals surface area contributed by atoms with E-state index >= 15 is 0 Å². The lowest BCUT2D eigenvalue weighted by Gasteiger charge is -2.34. The summed E-state index contributed by atoms with van der Waals surface area (Å²) in [6, 6.07) is 11.5. The first-order chi connectivity index (χ1) is 13.8. The smallest absolute Gasteiger partial charge is 0.317 e. The van der Waals surface area contributed by atoms with Crippen LogP contribution in [0.1, 0.15) is 24.1 Å². The summed E-state index contributed by atoms with van der Waals surface area (Å²) in [7, 11) is -3.46. The molecule has 2 aromatic carbocycles. The first kappa shape index (κ1) is 21.2. The molecule has 1 aliphatic heterocycles. The van der Waals surface area contributed by atoms with Crippen LogP contribution in [0.25, 0.3) is 0 Å². The van der Waals surface area contributed by atoms with Gasteiger partial charge in [-0.25, -0.2) is 22.0 Å². The van der Waals surface area contributed by atoms with E-state index in [1.807, 2.05) is 6.07 Å². The molecule has 6 nitrogen and oxygen atoms in total. The number of hydrogen-bond acceptors (Lipinski definition) is 3. The lowest BCUT2D eigenvalue weighted by molar-refractivity contribution is 0.169. The molecular weight excluding hydrogens is 400 g/mol. The van der Waals surface area contributed by atoms with Crippen LogP contribution in [-0.4, -0.2) is 49.8 Å². The third kappa shape index (κ3) is 5.30. The molecule has 0 aromatic heterocycles. The first-order valence-corrected chi connectivity index (χ1v) is 10.9. The van der Waals surface area contributed by atoms with E-state index in [9.17, 15) is 22.0 Å². The first-order valence-electron chi connectivity index (χ1n) is 9.28. The minimum absolute atomic E-state index is 0.0762. The van der Waals surface area contributed by atoms with Gasteiger partial charge in [0, 0.05) is 26.2 Å². The van der Waals surface area contributed by atoms with Crippen molar-refractivity contribution in [2.45, 2.75) is 18.7 Å². The summed E-state index contributed by atoms with van der Waals surface area (Å²) >= 11 is 0. The summed E-state index contributed by atoms with van der Waals surface area (Å²) in [4.78, 5) is 14.0. The molecule has 2 aromatic rings. The van der Waals surface area contributed by atoms with Crippen LogP contribution < -0.4 is 5.32 Å². The molecule has 1 N–H and O–H groups in total. The zero-order chi connectivity index (χ0) is 21.0. The van der Waals surface area contributed by atoms with E-state index in [-0.39, 0.29) is 38.0 Å². The fourth-order valence-electron chi connectivity index (χ4n) is 3.19. The number of piperazine rings is 1. The highest BCUT2D eigenvalue weighted by Gasteiger charge is 2.29. The standard InChI is InChI=1S/C20H23F2N3O3S/c1-15(17-7-8-18(21)19(22)13-17)23-20(26)24-9-11-25(12-10-24)29(27,28)14-16-5-3-2-4-6-16/h2-8,13,15H,9-12,14H2,1H3,(H,23,26). The van der Waals surface area contributed by atoms with E-state index in [1.54, 1.807) is 31.2 Å². The molecule has 1 aliphatic rings. The molecule has 1 heterocycles. The molecule has 0 aliphatic carbocycles. The molecule has 1 saturated heterocycles. The topological polar surface area (TPSA) is 69.7 Å². The summed E-state index contributed by atoms with van der Waals surface area (Å²) in [5.41, 5.74) is 1.16. The Balaban J connectivity index is 1.54. The molecule has 156 valence electrons. The quantitative estimate of drug-likeness (QED) is 0.804. The van der Waals surface area contributed by atoms with Crippen LogP contribution in [0.4, 0.5) is 13.6 Å². The van der Waals surface area contributed by atoms with Crippen molar-refractivity contribution in [1.82, 2.24) is 14.5 Å². The van der Waals surface area contributed by atoms with Gasteiger partial charge in [0.1, 0.15) is 0 Å². The van der Waals surface area contributed by atoms with Crippen molar-refractivity contribution < 1.29 is 22.0 Å². The van der Waals surface area contributed by atoms with Gasteiger partial charge in [0.15, 0.2) is 11.6 Å². The van der Waals surface area contributed by atoms with Crippen LogP contribution in [0.2, 0.25) is 0 Å². The molecule has 2 amide bonds. The van der Waals surface area contributed by atoms with Gasteiger partial charge in [-0.2, -0.15) is 4.31 Å². The lowest BCUT2D eigenvalue weighted by Crippen LogP contribution is -2.53. The largest absolute Gasteiger partial charge is 0.331 e. The van der Waals surface area contributed by atoms with E-state index in [4.69, 9.17) is 0 Å². The molecule has 0 bridgehead atoms. The Labute approximate surface area is 169 Å². The number of benzene rings is 2. The van der Waals surface area contributed by atoms with Crippen molar-refractivity contribution >= 4 is 16.1 Å². The van der Waals surface area contributed by atoms with Crippen molar-refractivity contribution in [3.8, 4) is 0 Å². The maximum atomic E-state index is 13.4. The number of rotatable bonds is 5. The molecule has 1 fully saturated rings. The molecule has 0 spiro atoms. The Morgan fingerprint density at radius 1 is 1.03 bits per heavy atom. The number of urea groups is 1. The Morgan fingerprint density at radius 3 is 2.31 bits per heavy atom. The van der Waals surface area contributed by atoms with E-state index in [1.165, 1.54) is 15.3 Å². The van der Waals surface area contributed by atoms with Crippen LogP contribution in [0.15, 0.2) is 48.5 Å². The zero-order valence-electron chi connectivity index (χ0n) is 16.0. The van der Waals surface area contributed by atoms with Crippen molar-refractivity contribution in [2.75, 3.05) is 26.2 Å². The van der Waals surface area contributed by atoms with Crippen LogP contribution in [-0.2, 0) is 15.8 Å². The highest BCUT2D eigenvalue weighted by Crippen LogP contribution is 2.17. The normalized spacial score (nSPS) is 16.4. The minimum Gasteiger partial charge on any atom is -0.331 e. The summed E-state index contributed by atoms with van der Waals surface area (Å²) in [5, 5.41) is 2.74. The fraction of sp³-hybridized carbons (Fsp3) is 0.350. The molecule has 9 heteroatoms. The Bertz CT molecular complexity index is 962. The minimum atomic E-state index is -3.46. The molecule has 1 atom stereocenters. The third-order valence-corrected chi connectivity index (χ3v) is 6.74. The lowest BCUT2D eigenvalue weighted by atomic mass is 10.1. The number of amides is 2. The summed E-state index contributed by atoms with van der Waals surface area (Å²) < 4.78 is 53.0. The molecule has 3 rings (SSSR count). The van der Waals surface area contributed by atoms with Crippen molar-refractivity contribution in [2.24, 2.45) is 0 Å². The number of nitrogens with zero attached hydrogens (tertiary/aromatic N) is 2. The van der Waals surface area contributed by atoms with Crippen molar-refractivity contribution in [3.63, 3.8) is 0 Å². The van der Waals surface area contributed by atoms with Gasteiger partial charge in [-0.3, -0.25) is 0 Å². The average Bonchev–Trinajstić information content (AvgIpc) is 2.70. The number of carbonyl (C=O) groups excluding carboxylic acids is 1. The second kappa shape index (κ2) is 8.87. The number of halogens is 2. The summed E-state index contributed by atoms with van der Waals surface area (Å²) in [6.07, 6.45) is 0. The van der Waals surface area contributed by atoms with Gasteiger partial charge >= 0.3 is 6.03 Å². The van der Waals surface area contributed by atoms with Crippen LogP contribution in [0, 0.1) is 11.6 Å². The molecule has 29 heavy (non-hydrogen) atoms. The van der Waals surface area contributed by atoms with Gasteiger partial charge in [0.2, 0.25) is 10.0 Å². The van der Waals surface area contributed by atoms with Gasteiger partial charge in [-0.15, -0.1) is 0 Å². The molecule has 0 radical (unpaired) electrons. The Hall–Kier alpha value is -2.52. The molecule has 0 saturated carbocycles. The number of hydrogen-bond donors (Lipinski definition) is 1. The van der Waals surface area contributed by atoms with Crippen LogP contribution in [0.5, 0.6) is 0 Å². The highest BCUT2D eigenvalue weighted by atomic mass is 32.2. The molecular formula is C20H23F2N3O3S. The van der Waals surface area contributed by atoms with Gasteiger partial charge in [0.25, 0.3) is 0 Å². The van der Waals surface area contributed by atoms with Gasteiger partial charge in [0.05, 0.1) is 11.8 Å². The van der Waals surface area contributed by atoms with Gasteiger partial charge in [-0.05, 0) is 30.2 Å². The average molecular weight is 423 g/mol. The SMILES string of the molecule is CC(NC(=O)N1CCN(S(=O)(=O)Cc2ccccc2)CC1)c1ccc(F)c(F)c1. The molecule has 1 unspecified atom stereocenters. The van der Waals surface area contributed by atoms with Crippen LogP contribution >= 0.6 is 0 Å². The van der Waals surface area contributed by atoms with Gasteiger partial charge < -0.3 is 10.2 Å². The zero-order valence-corrected chi connectivity index (χ0v) is 16.8.